The summed E-state index contributed by atoms with van der Waals surface area (Å²) in [5.74, 6) is -1.30. The SMILES string of the molecule is CS(=O)(=O)CC(=O)NNC(N)=S. The van der Waals surface area contributed by atoms with E-state index in [1.165, 1.54) is 0 Å². The van der Waals surface area contributed by atoms with Crippen molar-refractivity contribution < 1.29 is 13.2 Å². The van der Waals surface area contributed by atoms with Crippen molar-refractivity contribution in [2.45, 2.75) is 0 Å². The number of thiocarbonyl (C=S) groups is 1. The van der Waals surface area contributed by atoms with Crippen molar-refractivity contribution in [3.05, 3.63) is 0 Å². The molecular formula is C4H9N3O3S2. The molecule has 70 valence electrons. The molecule has 0 aliphatic carbocycles. The normalized spacial score (nSPS) is 10.4. The fourth-order valence-electron chi connectivity index (χ4n) is 0.406. The topological polar surface area (TPSA) is 101 Å². The summed E-state index contributed by atoms with van der Waals surface area (Å²) in [5.41, 5.74) is 9.08. The van der Waals surface area contributed by atoms with E-state index in [9.17, 15) is 13.2 Å². The number of rotatable bonds is 2. The van der Waals surface area contributed by atoms with Gasteiger partial charge in [-0.05, 0) is 12.2 Å². The predicted octanol–water partition coefficient (Wildman–Crippen LogP) is -2.10. The van der Waals surface area contributed by atoms with Crippen LogP contribution in [0.5, 0.6) is 0 Å². The average Bonchev–Trinajstić information content (AvgIpc) is 1.79. The second-order valence-corrected chi connectivity index (χ2v) is 4.69. The maximum absolute atomic E-state index is 10.7. The van der Waals surface area contributed by atoms with Crippen LogP contribution in [0.4, 0.5) is 0 Å². The smallest absolute Gasteiger partial charge is 0.253 e. The predicted molar refractivity (Wildman–Crippen MR) is 47.8 cm³/mol. The molecule has 0 aliphatic heterocycles. The third-order valence-electron chi connectivity index (χ3n) is 0.718. The summed E-state index contributed by atoms with van der Waals surface area (Å²) in [6.07, 6.45) is 0.952. The Hall–Kier alpha value is -0.890. The van der Waals surface area contributed by atoms with Crippen LogP contribution < -0.4 is 16.6 Å². The van der Waals surface area contributed by atoms with E-state index >= 15 is 0 Å². The van der Waals surface area contributed by atoms with Gasteiger partial charge in [0.25, 0.3) is 5.91 Å². The molecule has 0 bridgehead atoms. The molecule has 1 amide bonds. The number of amides is 1. The van der Waals surface area contributed by atoms with E-state index in [1.807, 2.05) is 5.43 Å². The highest BCUT2D eigenvalue weighted by atomic mass is 32.2. The molecular weight excluding hydrogens is 202 g/mol. The molecule has 0 unspecified atom stereocenters. The molecule has 0 aromatic carbocycles. The summed E-state index contributed by atoms with van der Waals surface area (Å²) < 4.78 is 21.1. The van der Waals surface area contributed by atoms with Gasteiger partial charge in [-0.3, -0.25) is 15.6 Å². The molecule has 4 N–H and O–H groups in total. The van der Waals surface area contributed by atoms with E-state index in [4.69, 9.17) is 5.73 Å². The number of carbonyl (C=O) groups excluding carboxylic acids is 1. The number of carbonyl (C=O) groups is 1. The highest BCUT2D eigenvalue weighted by Gasteiger charge is 2.09. The van der Waals surface area contributed by atoms with Crippen molar-refractivity contribution in [3.63, 3.8) is 0 Å². The van der Waals surface area contributed by atoms with Crippen LogP contribution in [0.1, 0.15) is 0 Å². The lowest BCUT2D eigenvalue weighted by Gasteiger charge is -2.04. The highest BCUT2D eigenvalue weighted by molar-refractivity contribution is 7.91. The molecule has 0 radical (unpaired) electrons. The summed E-state index contributed by atoms with van der Waals surface area (Å²) in [4.78, 5) is 10.7. The Bertz CT molecular complexity index is 284. The largest absolute Gasteiger partial charge is 0.375 e. The quantitative estimate of drug-likeness (QED) is 0.357. The summed E-state index contributed by atoms with van der Waals surface area (Å²) in [7, 11) is -3.31. The molecule has 0 saturated carbocycles. The first-order chi connectivity index (χ1) is 5.31. The van der Waals surface area contributed by atoms with E-state index in [-0.39, 0.29) is 5.11 Å². The number of nitrogens with one attached hydrogen (secondary N) is 2. The Morgan fingerprint density at radius 3 is 2.33 bits per heavy atom. The van der Waals surface area contributed by atoms with Crippen LogP contribution in [-0.4, -0.2) is 31.4 Å². The van der Waals surface area contributed by atoms with Crippen molar-refractivity contribution in [1.29, 1.82) is 0 Å². The van der Waals surface area contributed by atoms with Crippen molar-refractivity contribution in [2.24, 2.45) is 5.73 Å². The molecule has 0 atom stereocenters. The number of nitrogens with two attached hydrogens (primary N) is 1. The Kier molecular flexibility index (Phi) is 3.90. The zero-order chi connectivity index (χ0) is 9.78. The van der Waals surface area contributed by atoms with Crippen molar-refractivity contribution in [2.75, 3.05) is 12.0 Å². The molecule has 0 aromatic heterocycles. The van der Waals surface area contributed by atoms with E-state index in [2.05, 4.69) is 17.6 Å². The monoisotopic (exact) mass is 211 g/mol. The molecule has 0 rings (SSSR count). The van der Waals surface area contributed by atoms with Gasteiger partial charge in [-0.15, -0.1) is 0 Å². The van der Waals surface area contributed by atoms with Gasteiger partial charge in [0, 0.05) is 6.26 Å². The Morgan fingerprint density at radius 1 is 1.50 bits per heavy atom. The van der Waals surface area contributed by atoms with Gasteiger partial charge in [0.15, 0.2) is 14.9 Å². The van der Waals surface area contributed by atoms with E-state index in [1.54, 1.807) is 0 Å². The standard InChI is InChI=1S/C4H9N3O3S2/c1-12(9,10)2-3(8)6-7-4(5)11/h2H2,1H3,(H,6,8)(H3,5,7,11). The minimum absolute atomic E-state index is 0.128. The number of sulfone groups is 1. The fraction of sp³-hybridized carbons (Fsp3) is 0.500. The van der Waals surface area contributed by atoms with Crippen LogP contribution in [0.3, 0.4) is 0 Å². The van der Waals surface area contributed by atoms with Crippen molar-refractivity contribution in [3.8, 4) is 0 Å². The van der Waals surface area contributed by atoms with Gasteiger partial charge in [0.05, 0.1) is 0 Å². The summed E-state index contributed by atoms with van der Waals surface area (Å²) >= 11 is 4.36. The second kappa shape index (κ2) is 4.21. The van der Waals surface area contributed by atoms with Gasteiger partial charge in [-0.2, -0.15) is 0 Å². The number of hydrogen-bond donors (Lipinski definition) is 3. The van der Waals surface area contributed by atoms with Gasteiger partial charge < -0.3 is 5.73 Å². The van der Waals surface area contributed by atoms with Gasteiger partial charge in [-0.25, -0.2) is 8.42 Å². The molecule has 0 saturated heterocycles. The van der Waals surface area contributed by atoms with Crippen LogP contribution in [0.15, 0.2) is 0 Å². The Morgan fingerprint density at radius 2 is 2.00 bits per heavy atom. The summed E-state index contributed by atoms with van der Waals surface area (Å²) in [5, 5.41) is -0.128. The van der Waals surface area contributed by atoms with Crippen LogP contribution >= 0.6 is 12.2 Å². The molecule has 6 nitrogen and oxygen atoms in total. The maximum Gasteiger partial charge on any atom is 0.253 e. The third kappa shape index (κ3) is 7.22. The Labute approximate surface area is 75.4 Å². The van der Waals surface area contributed by atoms with Crippen molar-refractivity contribution in [1.82, 2.24) is 10.9 Å². The maximum atomic E-state index is 10.7. The molecule has 0 heterocycles. The molecule has 0 spiro atoms. The Balaban J connectivity index is 3.84. The van der Waals surface area contributed by atoms with Crippen LogP contribution in [0.25, 0.3) is 0 Å². The lowest BCUT2D eigenvalue weighted by atomic mass is 10.7. The lowest BCUT2D eigenvalue weighted by Crippen LogP contribution is -2.46. The second-order valence-electron chi connectivity index (χ2n) is 2.11. The van der Waals surface area contributed by atoms with Crippen LogP contribution in [0, 0.1) is 0 Å². The van der Waals surface area contributed by atoms with Gasteiger partial charge >= 0.3 is 0 Å². The summed E-state index contributed by atoms with van der Waals surface area (Å²) in [6.45, 7) is 0. The van der Waals surface area contributed by atoms with E-state index in [0.29, 0.717) is 0 Å². The minimum atomic E-state index is -3.31. The molecule has 0 fully saturated rings. The van der Waals surface area contributed by atoms with Gasteiger partial charge in [0.1, 0.15) is 5.75 Å². The van der Waals surface area contributed by atoms with Gasteiger partial charge in [-0.1, -0.05) is 0 Å². The molecule has 8 heteroatoms. The zero-order valence-corrected chi connectivity index (χ0v) is 7.96. The van der Waals surface area contributed by atoms with Crippen LogP contribution in [-0.2, 0) is 14.6 Å². The lowest BCUT2D eigenvalue weighted by molar-refractivity contribution is -0.119. The first kappa shape index (κ1) is 11.1. The minimum Gasteiger partial charge on any atom is -0.375 e. The first-order valence-electron chi connectivity index (χ1n) is 2.83. The third-order valence-corrected chi connectivity index (χ3v) is 1.61. The molecule has 12 heavy (non-hydrogen) atoms. The van der Waals surface area contributed by atoms with E-state index < -0.39 is 21.5 Å². The number of hydrazine groups is 1. The summed E-state index contributed by atoms with van der Waals surface area (Å²) in [6, 6.07) is 0. The fourth-order valence-corrected chi connectivity index (χ4v) is 1.00. The molecule has 0 aliphatic rings. The first-order valence-corrected chi connectivity index (χ1v) is 5.30. The van der Waals surface area contributed by atoms with E-state index in [0.717, 1.165) is 6.26 Å². The van der Waals surface area contributed by atoms with Gasteiger partial charge in [0.2, 0.25) is 0 Å². The highest BCUT2D eigenvalue weighted by Crippen LogP contribution is 1.80. The van der Waals surface area contributed by atoms with Crippen LogP contribution in [0.2, 0.25) is 0 Å². The zero-order valence-electron chi connectivity index (χ0n) is 6.33. The number of hydrogen-bond acceptors (Lipinski definition) is 4. The molecule has 0 aromatic rings. The average molecular weight is 211 g/mol. The van der Waals surface area contributed by atoms with Crippen molar-refractivity contribution >= 4 is 33.1 Å².